The molecule has 78 valence electrons. The minimum Gasteiger partial charge on any atom is -0.326 e. The van der Waals surface area contributed by atoms with Gasteiger partial charge < -0.3 is 5.73 Å². The van der Waals surface area contributed by atoms with Gasteiger partial charge in [-0.15, -0.1) is 11.3 Å². The van der Waals surface area contributed by atoms with Crippen LogP contribution >= 0.6 is 11.3 Å². The third-order valence-electron chi connectivity index (χ3n) is 2.35. The molecule has 0 bridgehead atoms. The molecule has 2 aromatic rings. The fraction of sp³-hybridized carbons (Fsp3) is 0.273. The average Bonchev–Trinajstić information content (AvgIpc) is 2.60. The molecule has 2 N–H and O–H groups in total. The van der Waals surface area contributed by atoms with Crippen LogP contribution in [-0.4, -0.2) is 9.97 Å². The second-order valence-electron chi connectivity index (χ2n) is 3.42. The normalized spacial score (nSPS) is 10.6. The highest BCUT2D eigenvalue weighted by Gasteiger charge is 2.09. The molecule has 2 aromatic heterocycles. The molecule has 3 nitrogen and oxygen atoms in total. The van der Waals surface area contributed by atoms with Crippen LogP contribution in [0.2, 0.25) is 0 Å². The lowest BCUT2D eigenvalue weighted by Crippen LogP contribution is -1.94. The molecule has 0 aliphatic heterocycles. The Hall–Kier alpha value is -1.26. The lowest BCUT2D eigenvalue weighted by Gasteiger charge is -1.99. The highest BCUT2D eigenvalue weighted by atomic mass is 32.1. The number of hydrogen-bond acceptors (Lipinski definition) is 4. The van der Waals surface area contributed by atoms with Gasteiger partial charge in [0.2, 0.25) is 0 Å². The van der Waals surface area contributed by atoms with Crippen LogP contribution in [0.25, 0.3) is 10.6 Å². The predicted molar refractivity (Wildman–Crippen MR) is 62.7 cm³/mol. The van der Waals surface area contributed by atoms with E-state index in [0.717, 1.165) is 21.1 Å². The molecule has 0 unspecified atom stereocenters. The van der Waals surface area contributed by atoms with Gasteiger partial charge in [-0.25, -0.2) is 4.98 Å². The van der Waals surface area contributed by atoms with Crippen LogP contribution in [0.3, 0.4) is 0 Å². The van der Waals surface area contributed by atoms with Gasteiger partial charge >= 0.3 is 0 Å². The Morgan fingerprint density at radius 2 is 2.20 bits per heavy atom. The number of nitrogens with zero attached hydrogens (tertiary/aromatic N) is 2. The van der Waals surface area contributed by atoms with Crippen LogP contribution in [0, 0.1) is 13.8 Å². The van der Waals surface area contributed by atoms with Crippen molar-refractivity contribution >= 4 is 11.3 Å². The molecular weight excluding hydrogens is 206 g/mol. The number of aromatic nitrogens is 2. The van der Waals surface area contributed by atoms with Crippen molar-refractivity contribution in [2.24, 2.45) is 5.73 Å². The quantitative estimate of drug-likeness (QED) is 0.843. The van der Waals surface area contributed by atoms with Crippen molar-refractivity contribution in [1.29, 1.82) is 0 Å². The minimum atomic E-state index is 0.558. The van der Waals surface area contributed by atoms with Crippen LogP contribution in [0.15, 0.2) is 18.5 Å². The van der Waals surface area contributed by atoms with Crippen molar-refractivity contribution in [1.82, 2.24) is 9.97 Å². The summed E-state index contributed by atoms with van der Waals surface area (Å²) in [6.07, 6.45) is 3.65. The molecule has 2 rings (SSSR count). The molecule has 0 radical (unpaired) electrons. The van der Waals surface area contributed by atoms with Crippen LogP contribution in [0.5, 0.6) is 0 Å². The average molecular weight is 219 g/mol. The van der Waals surface area contributed by atoms with E-state index in [1.54, 1.807) is 17.5 Å². The summed E-state index contributed by atoms with van der Waals surface area (Å²) in [5.74, 6) is 0. The number of pyridine rings is 1. The fourth-order valence-electron chi connectivity index (χ4n) is 1.42. The van der Waals surface area contributed by atoms with Gasteiger partial charge in [0.1, 0.15) is 5.01 Å². The van der Waals surface area contributed by atoms with Crippen molar-refractivity contribution in [3.63, 3.8) is 0 Å². The molecule has 0 aromatic carbocycles. The summed E-state index contributed by atoms with van der Waals surface area (Å²) in [5, 5.41) is 1.01. The first-order valence-corrected chi connectivity index (χ1v) is 5.61. The molecule has 0 saturated carbocycles. The van der Waals surface area contributed by atoms with Gasteiger partial charge in [-0.1, -0.05) is 0 Å². The Balaban J connectivity index is 2.50. The smallest absolute Gasteiger partial charge is 0.125 e. The first-order chi connectivity index (χ1) is 7.22. The highest BCUT2D eigenvalue weighted by molar-refractivity contribution is 7.15. The summed E-state index contributed by atoms with van der Waals surface area (Å²) in [6, 6.07) is 1.99. The Morgan fingerprint density at radius 1 is 1.40 bits per heavy atom. The molecule has 4 heteroatoms. The van der Waals surface area contributed by atoms with Crippen LogP contribution < -0.4 is 5.73 Å². The van der Waals surface area contributed by atoms with Gasteiger partial charge in [0, 0.05) is 29.4 Å². The monoisotopic (exact) mass is 219 g/mol. The SMILES string of the molecule is Cc1ccncc1-c1nc(C)c(CN)s1. The molecule has 0 amide bonds. The lowest BCUT2D eigenvalue weighted by atomic mass is 10.2. The van der Waals surface area contributed by atoms with Crippen molar-refractivity contribution in [2.45, 2.75) is 20.4 Å². The zero-order valence-electron chi connectivity index (χ0n) is 8.82. The largest absolute Gasteiger partial charge is 0.326 e. The summed E-state index contributed by atoms with van der Waals surface area (Å²) >= 11 is 1.65. The van der Waals surface area contributed by atoms with Gasteiger partial charge in [-0.3, -0.25) is 4.98 Å². The number of nitrogens with two attached hydrogens (primary N) is 1. The van der Waals surface area contributed by atoms with Crippen molar-refractivity contribution < 1.29 is 0 Å². The number of rotatable bonds is 2. The molecule has 0 aliphatic rings. The number of aryl methyl sites for hydroxylation is 2. The summed E-state index contributed by atoms with van der Waals surface area (Å²) in [4.78, 5) is 9.78. The van der Waals surface area contributed by atoms with Crippen LogP contribution in [0.1, 0.15) is 16.1 Å². The molecule has 0 fully saturated rings. The van der Waals surface area contributed by atoms with E-state index in [9.17, 15) is 0 Å². The molecule has 0 atom stereocenters. The maximum atomic E-state index is 5.63. The first kappa shape index (κ1) is 10.3. The molecule has 2 heterocycles. The zero-order chi connectivity index (χ0) is 10.8. The maximum absolute atomic E-state index is 5.63. The van der Waals surface area contributed by atoms with Crippen molar-refractivity contribution in [3.8, 4) is 10.6 Å². The van der Waals surface area contributed by atoms with Crippen LogP contribution in [0.4, 0.5) is 0 Å². The Bertz CT molecular complexity index is 476. The molecular formula is C11H13N3S. The maximum Gasteiger partial charge on any atom is 0.125 e. The summed E-state index contributed by atoms with van der Waals surface area (Å²) in [5.41, 5.74) is 8.96. The molecule has 0 spiro atoms. The minimum absolute atomic E-state index is 0.558. The van der Waals surface area contributed by atoms with Gasteiger partial charge in [0.05, 0.1) is 5.69 Å². The number of thiazole rings is 1. The van der Waals surface area contributed by atoms with Gasteiger partial charge in [0.25, 0.3) is 0 Å². The third kappa shape index (κ3) is 1.91. The summed E-state index contributed by atoms with van der Waals surface area (Å²) in [7, 11) is 0. The second-order valence-corrected chi connectivity index (χ2v) is 4.51. The van der Waals surface area contributed by atoms with Crippen molar-refractivity contribution in [2.75, 3.05) is 0 Å². The van der Waals surface area contributed by atoms with E-state index in [1.165, 1.54) is 5.56 Å². The predicted octanol–water partition coefficient (Wildman–Crippen LogP) is 2.28. The van der Waals surface area contributed by atoms with E-state index >= 15 is 0 Å². The fourth-order valence-corrected chi connectivity index (χ4v) is 2.44. The van der Waals surface area contributed by atoms with Gasteiger partial charge in [-0.05, 0) is 25.5 Å². The highest BCUT2D eigenvalue weighted by Crippen LogP contribution is 2.28. The lowest BCUT2D eigenvalue weighted by molar-refractivity contribution is 1.06. The van der Waals surface area contributed by atoms with Crippen molar-refractivity contribution in [3.05, 3.63) is 34.6 Å². The van der Waals surface area contributed by atoms with E-state index in [0.29, 0.717) is 6.54 Å². The van der Waals surface area contributed by atoms with Gasteiger partial charge in [0.15, 0.2) is 0 Å². The standard InChI is InChI=1S/C11H13N3S/c1-7-3-4-13-6-9(7)11-14-8(2)10(5-12)15-11/h3-4,6H,5,12H2,1-2H3. The Morgan fingerprint density at radius 3 is 2.80 bits per heavy atom. The van der Waals surface area contributed by atoms with E-state index in [1.807, 2.05) is 19.2 Å². The van der Waals surface area contributed by atoms with E-state index in [4.69, 9.17) is 5.73 Å². The van der Waals surface area contributed by atoms with E-state index in [2.05, 4.69) is 16.9 Å². The second kappa shape index (κ2) is 4.08. The summed E-state index contributed by atoms with van der Waals surface area (Å²) < 4.78 is 0. The third-order valence-corrected chi connectivity index (χ3v) is 3.56. The Labute approximate surface area is 93.0 Å². The van der Waals surface area contributed by atoms with Crippen LogP contribution in [-0.2, 0) is 6.54 Å². The molecule has 0 aliphatic carbocycles. The van der Waals surface area contributed by atoms with E-state index < -0.39 is 0 Å². The summed E-state index contributed by atoms with van der Waals surface area (Å²) in [6.45, 7) is 4.62. The Kier molecular flexibility index (Phi) is 2.79. The van der Waals surface area contributed by atoms with Gasteiger partial charge in [-0.2, -0.15) is 0 Å². The topological polar surface area (TPSA) is 51.8 Å². The first-order valence-electron chi connectivity index (χ1n) is 4.79. The zero-order valence-corrected chi connectivity index (χ0v) is 9.64. The molecule has 0 saturated heterocycles. The number of hydrogen-bond donors (Lipinski definition) is 1. The van der Waals surface area contributed by atoms with E-state index in [-0.39, 0.29) is 0 Å². The molecule has 15 heavy (non-hydrogen) atoms.